The second kappa shape index (κ2) is 4.05. The molecule has 0 bridgehead atoms. The second-order valence-electron chi connectivity index (χ2n) is 3.42. The van der Waals surface area contributed by atoms with Crippen LogP contribution in [0.2, 0.25) is 0 Å². The van der Waals surface area contributed by atoms with E-state index in [1.807, 2.05) is 23.6 Å². The molecule has 3 aromatic heterocycles. The Balaban J connectivity index is 2.21. The summed E-state index contributed by atoms with van der Waals surface area (Å²) in [4.78, 5) is 16.0. The first-order valence-electron chi connectivity index (χ1n) is 4.82. The molecule has 0 amide bonds. The zero-order chi connectivity index (χ0) is 11.8. The molecule has 6 heteroatoms. The number of fused-ring (bicyclic) bond motifs is 1. The highest BCUT2D eigenvalue weighted by Crippen LogP contribution is 2.28. The summed E-state index contributed by atoms with van der Waals surface area (Å²) < 4.78 is 2.58. The molecule has 0 saturated heterocycles. The molecule has 0 aliphatic heterocycles. The molecule has 17 heavy (non-hydrogen) atoms. The smallest absolute Gasteiger partial charge is 0.170 e. The number of nitrogens with zero attached hydrogens (tertiary/aromatic N) is 3. The summed E-state index contributed by atoms with van der Waals surface area (Å²) in [5.41, 5.74) is 1.96. The van der Waals surface area contributed by atoms with Gasteiger partial charge < -0.3 is 0 Å². The van der Waals surface area contributed by atoms with Crippen LogP contribution in [0.5, 0.6) is 0 Å². The van der Waals surface area contributed by atoms with E-state index < -0.39 is 0 Å². The van der Waals surface area contributed by atoms with Gasteiger partial charge in [-0.1, -0.05) is 0 Å². The molecular weight excluding hydrogens is 302 g/mol. The van der Waals surface area contributed by atoms with Gasteiger partial charge in [-0.2, -0.15) is 5.10 Å². The second-order valence-corrected chi connectivity index (χ2v) is 5.25. The van der Waals surface area contributed by atoms with Crippen LogP contribution in [0.3, 0.4) is 0 Å². The molecule has 0 aliphatic carbocycles. The number of imidazole rings is 1. The highest BCUT2D eigenvalue weighted by Gasteiger charge is 2.07. The van der Waals surface area contributed by atoms with Crippen LogP contribution in [0.25, 0.3) is 16.2 Å². The quantitative estimate of drug-likeness (QED) is 0.684. The summed E-state index contributed by atoms with van der Waals surface area (Å²) >= 11 is 5.00. The number of carbonyl (C=O) groups excluding carboxylic acids is 1. The lowest BCUT2D eigenvalue weighted by molar-refractivity contribution is 0.111. The Bertz CT molecular complexity index is 704. The van der Waals surface area contributed by atoms with Gasteiger partial charge in [-0.15, -0.1) is 11.3 Å². The van der Waals surface area contributed by atoms with Gasteiger partial charge in [-0.3, -0.25) is 4.79 Å². The van der Waals surface area contributed by atoms with Crippen molar-refractivity contribution < 1.29 is 4.79 Å². The van der Waals surface area contributed by atoms with Gasteiger partial charge in [0.2, 0.25) is 0 Å². The fraction of sp³-hybridized carbons (Fsp3) is 0. The van der Waals surface area contributed by atoms with E-state index >= 15 is 0 Å². The lowest BCUT2D eigenvalue weighted by atomic mass is 10.3. The standard InChI is InChI=1S/C11H6BrN3OS/c12-7-3-10(17-6-7)9-1-2-11-13-4-8(5-16)15(11)14-9/h1-6H. The lowest BCUT2D eigenvalue weighted by Gasteiger charge is -1.98. The normalized spacial score (nSPS) is 10.9. The van der Waals surface area contributed by atoms with E-state index in [1.165, 1.54) is 6.20 Å². The first kappa shape index (κ1) is 10.6. The third-order valence-electron chi connectivity index (χ3n) is 2.33. The van der Waals surface area contributed by atoms with Gasteiger partial charge in [0.15, 0.2) is 11.9 Å². The summed E-state index contributed by atoms with van der Waals surface area (Å²) in [6.07, 6.45) is 2.27. The van der Waals surface area contributed by atoms with Gasteiger partial charge in [0.1, 0.15) is 11.4 Å². The average molecular weight is 308 g/mol. The Hall–Kier alpha value is -1.53. The lowest BCUT2D eigenvalue weighted by Crippen LogP contribution is -1.97. The van der Waals surface area contributed by atoms with Gasteiger partial charge in [0.25, 0.3) is 0 Å². The van der Waals surface area contributed by atoms with E-state index in [0.29, 0.717) is 11.3 Å². The minimum Gasteiger partial charge on any atom is -0.296 e. The number of carbonyl (C=O) groups is 1. The number of halogens is 1. The van der Waals surface area contributed by atoms with Gasteiger partial charge in [0, 0.05) is 9.85 Å². The number of hydrogen-bond acceptors (Lipinski definition) is 4. The number of hydrogen-bond donors (Lipinski definition) is 0. The molecular formula is C11H6BrN3OS. The molecule has 0 radical (unpaired) electrons. The minimum atomic E-state index is 0.456. The summed E-state index contributed by atoms with van der Waals surface area (Å²) in [5, 5.41) is 6.40. The molecule has 0 spiro atoms. The van der Waals surface area contributed by atoms with Crippen molar-refractivity contribution in [2.45, 2.75) is 0 Å². The molecule has 3 aromatic rings. The highest BCUT2D eigenvalue weighted by molar-refractivity contribution is 9.10. The molecule has 0 N–H and O–H groups in total. The molecule has 3 rings (SSSR count). The van der Waals surface area contributed by atoms with Crippen LogP contribution < -0.4 is 0 Å². The van der Waals surface area contributed by atoms with Crippen LogP contribution in [0.4, 0.5) is 0 Å². The maximum absolute atomic E-state index is 10.8. The molecule has 0 aromatic carbocycles. The van der Waals surface area contributed by atoms with Crippen LogP contribution in [0, 0.1) is 0 Å². The van der Waals surface area contributed by atoms with Crippen LogP contribution >= 0.6 is 27.3 Å². The zero-order valence-electron chi connectivity index (χ0n) is 8.50. The van der Waals surface area contributed by atoms with Gasteiger partial charge >= 0.3 is 0 Å². The molecule has 0 unspecified atom stereocenters. The molecule has 0 atom stereocenters. The van der Waals surface area contributed by atoms with Crippen LogP contribution in [-0.2, 0) is 0 Å². The Morgan fingerprint density at radius 3 is 3.00 bits per heavy atom. The highest BCUT2D eigenvalue weighted by atomic mass is 79.9. The van der Waals surface area contributed by atoms with Gasteiger partial charge in [-0.05, 0) is 34.1 Å². The third-order valence-corrected chi connectivity index (χ3v) is 4.04. The predicted octanol–water partition coefficient (Wildman–Crippen LogP) is 3.03. The molecule has 0 fully saturated rings. The predicted molar refractivity (Wildman–Crippen MR) is 69.4 cm³/mol. The van der Waals surface area contributed by atoms with E-state index in [9.17, 15) is 4.79 Å². The Kier molecular flexibility index (Phi) is 2.53. The number of aromatic nitrogens is 3. The van der Waals surface area contributed by atoms with Gasteiger partial charge in [-0.25, -0.2) is 9.50 Å². The monoisotopic (exact) mass is 307 g/mol. The van der Waals surface area contributed by atoms with Crippen molar-refractivity contribution in [3.63, 3.8) is 0 Å². The fourth-order valence-electron chi connectivity index (χ4n) is 1.55. The third kappa shape index (κ3) is 1.79. The summed E-state index contributed by atoms with van der Waals surface area (Å²) in [7, 11) is 0. The number of rotatable bonds is 2. The van der Waals surface area contributed by atoms with Crippen LogP contribution in [0.1, 0.15) is 10.5 Å². The molecule has 0 saturated carbocycles. The minimum absolute atomic E-state index is 0.456. The Morgan fingerprint density at radius 2 is 2.29 bits per heavy atom. The Labute approximate surface area is 109 Å². The molecule has 0 aliphatic rings. The summed E-state index contributed by atoms with van der Waals surface area (Å²) in [5.74, 6) is 0. The first-order valence-corrected chi connectivity index (χ1v) is 6.49. The van der Waals surface area contributed by atoms with Crippen molar-refractivity contribution in [1.82, 2.24) is 14.6 Å². The molecule has 3 heterocycles. The van der Waals surface area contributed by atoms with Crippen molar-refractivity contribution >= 4 is 39.2 Å². The van der Waals surface area contributed by atoms with Crippen molar-refractivity contribution in [3.05, 3.63) is 39.9 Å². The van der Waals surface area contributed by atoms with E-state index in [1.54, 1.807) is 15.9 Å². The SMILES string of the molecule is O=Cc1cnc2ccc(-c3cc(Br)cs3)nn12. The fourth-order valence-corrected chi connectivity index (χ4v) is 2.94. The summed E-state index contributed by atoms with van der Waals surface area (Å²) in [6.45, 7) is 0. The van der Waals surface area contributed by atoms with Crippen molar-refractivity contribution in [1.29, 1.82) is 0 Å². The maximum atomic E-state index is 10.8. The van der Waals surface area contributed by atoms with E-state index in [-0.39, 0.29) is 0 Å². The van der Waals surface area contributed by atoms with E-state index in [2.05, 4.69) is 26.0 Å². The topological polar surface area (TPSA) is 47.3 Å². The largest absolute Gasteiger partial charge is 0.296 e. The van der Waals surface area contributed by atoms with Gasteiger partial charge in [0.05, 0.1) is 11.1 Å². The number of thiophene rings is 1. The van der Waals surface area contributed by atoms with E-state index in [4.69, 9.17) is 0 Å². The molecule has 84 valence electrons. The van der Waals surface area contributed by atoms with Crippen molar-refractivity contribution in [2.24, 2.45) is 0 Å². The van der Waals surface area contributed by atoms with Crippen molar-refractivity contribution in [3.8, 4) is 10.6 Å². The average Bonchev–Trinajstić information content (AvgIpc) is 2.94. The van der Waals surface area contributed by atoms with Crippen LogP contribution in [-0.4, -0.2) is 20.9 Å². The Morgan fingerprint density at radius 1 is 1.41 bits per heavy atom. The zero-order valence-corrected chi connectivity index (χ0v) is 10.9. The maximum Gasteiger partial charge on any atom is 0.170 e. The van der Waals surface area contributed by atoms with Crippen LogP contribution in [0.15, 0.2) is 34.2 Å². The number of aldehydes is 1. The van der Waals surface area contributed by atoms with Crippen molar-refractivity contribution in [2.75, 3.05) is 0 Å². The summed E-state index contributed by atoms with van der Waals surface area (Å²) in [6, 6.07) is 5.74. The molecule has 4 nitrogen and oxygen atoms in total. The first-order chi connectivity index (χ1) is 8.28. The van der Waals surface area contributed by atoms with E-state index in [0.717, 1.165) is 21.3 Å².